The van der Waals surface area contributed by atoms with Gasteiger partial charge in [-0.3, -0.25) is 4.79 Å². The highest BCUT2D eigenvalue weighted by Gasteiger charge is 2.72. The first-order valence-electron chi connectivity index (χ1n) is 13.7. The molecule has 1 unspecified atom stereocenters. The van der Waals surface area contributed by atoms with Gasteiger partial charge < -0.3 is 39.0 Å². The van der Waals surface area contributed by atoms with Crippen LogP contribution in [0.25, 0.3) is 0 Å². The van der Waals surface area contributed by atoms with Crippen LogP contribution in [0.15, 0.2) is 24.0 Å². The molecule has 4 aliphatic rings. The third kappa shape index (κ3) is 4.44. The molecular weight excluding hydrogens is 540 g/mol. The van der Waals surface area contributed by atoms with Crippen molar-refractivity contribution in [3.8, 4) is 11.5 Å². The normalized spacial score (nSPS) is 30.9. The summed E-state index contributed by atoms with van der Waals surface area (Å²) in [5, 5.41) is 31.4. The van der Waals surface area contributed by atoms with Crippen molar-refractivity contribution in [3.63, 3.8) is 0 Å². The molecule has 1 aliphatic heterocycles. The predicted octanol–water partition coefficient (Wildman–Crippen LogP) is 1.56. The topological polar surface area (TPSA) is 175 Å². The van der Waals surface area contributed by atoms with E-state index in [0.29, 0.717) is 24.3 Å². The summed E-state index contributed by atoms with van der Waals surface area (Å²) in [6.45, 7) is 4.42. The first-order valence-corrected chi connectivity index (χ1v) is 13.7. The molecule has 2 bridgehead atoms. The second-order valence-corrected chi connectivity index (χ2v) is 11.4. The number of ether oxygens (including phenoxy) is 5. The van der Waals surface area contributed by atoms with Gasteiger partial charge in [-0.1, -0.05) is 13.0 Å². The minimum absolute atomic E-state index is 0.0218. The Labute approximate surface area is 236 Å². The van der Waals surface area contributed by atoms with Crippen molar-refractivity contribution in [2.45, 2.75) is 88.3 Å². The largest absolute Gasteiger partial charge is 0.493 e. The number of carbonyl (C=O) groups excluding carboxylic acids is 3. The van der Waals surface area contributed by atoms with E-state index >= 15 is 0 Å². The van der Waals surface area contributed by atoms with Crippen LogP contribution in [0.2, 0.25) is 0 Å². The monoisotopic (exact) mass is 574 g/mol. The molecule has 3 N–H and O–H groups in total. The SMILES string of the molecule is COc1ccc2c3c1O[C@H]1C(OC(=O)C[C@H](O)C(=O)O[C@@H](C)C(=O)O[C@@H](C)C(=O)O)=CC[C@@]4(O)[C@@H](C2)C(C)CC[C@]314. The third-order valence-corrected chi connectivity index (χ3v) is 9.07. The Kier molecular flexibility index (Phi) is 7.27. The van der Waals surface area contributed by atoms with Crippen molar-refractivity contribution in [2.75, 3.05) is 7.11 Å². The number of carbonyl (C=O) groups is 4. The van der Waals surface area contributed by atoms with Gasteiger partial charge in [0, 0.05) is 5.56 Å². The van der Waals surface area contributed by atoms with Crippen LogP contribution in [0.5, 0.6) is 11.5 Å². The van der Waals surface area contributed by atoms with Crippen LogP contribution in [0.3, 0.4) is 0 Å². The van der Waals surface area contributed by atoms with E-state index in [1.807, 2.05) is 12.1 Å². The summed E-state index contributed by atoms with van der Waals surface area (Å²) < 4.78 is 27.1. The van der Waals surface area contributed by atoms with E-state index in [9.17, 15) is 29.4 Å². The van der Waals surface area contributed by atoms with E-state index in [0.717, 1.165) is 31.4 Å². The van der Waals surface area contributed by atoms with Crippen LogP contribution in [-0.4, -0.2) is 76.3 Å². The molecule has 1 heterocycles. The van der Waals surface area contributed by atoms with Crippen molar-refractivity contribution in [2.24, 2.45) is 11.8 Å². The zero-order valence-electron chi connectivity index (χ0n) is 23.2. The van der Waals surface area contributed by atoms with Crippen LogP contribution in [0.4, 0.5) is 0 Å². The van der Waals surface area contributed by atoms with Gasteiger partial charge in [-0.25, -0.2) is 14.4 Å². The zero-order chi connectivity index (χ0) is 29.9. The molecule has 41 heavy (non-hydrogen) atoms. The highest BCUT2D eigenvalue weighted by Crippen LogP contribution is 2.68. The van der Waals surface area contributed by atoms with Gasteiger partial charge in [-0.15, -0.1) is 0 Å². The maximum atomic E-state index is 12.9. The van der Waals surface area contributed by atoms with Gasteiger partial charge in [-0.05, 0) is 69.1 Å². The molecule has 1 fully saturated rings. The van der Waals surface area contributed by atoms with E-state index < -0.39 is 65.7 Å². The lowest BCUT2D eigenvalue weighted by Gasteiger charge is -2.61. The molecule has 0 saturated heterocycles. The number of rotatable bonds is 9. The zero-order valence-corrected chi connectivity index (χ0v) is 23.2. The van der Waals surface area contributed by atoms with Gasteiger partial charge >= 0.3 is 23.9 Å². The maximum Gasteiger partial charge on any atom is 0.347 e. The molecule has 1 aromatic rings. The molecule has 8 atom stereocenters. The van der Waals surface area contributed by atoms with Crippen LogP contribution in [-0.2, 0) is 45.2 Å². The Bertz CT molecular complexity index is 1320. The molecule has 1 aromatic carbocycles. The summed E-state index contributed by atoms with van der Waals surface area (Å²) in [7, 11) is 1.53. The maximum absolute atomic E-state index is 12.9. The summed E-state index contributed by atoms with van der Waals surface area (Å²) in [4.78, 5) is 48.0. The second kappa shape index (κ2) is 10.3. The summed E-state index contributed by atoms with van der Waals surface area (Å²) >= 11 is 0. The number of aliphatic carboxylic acids is 1. The highest BCUT2D eigenvalue weighted by molar-refractivity contribution is 5.85. The number of esters is 3. The van der Waals surface area contributed by atoms with Crippen LogP contribution in [0, 0.1) is 11.8 Å². The van der Waals surface area contributed by atoms with Crippen LogP contribution < -0.4 is 9.47 Å². The average molecular weight is 575 g/mol. The Morgan fingerprint density at radius 2 is 1.83 bits per heavy atom. The summed E-state index contributed by atoms with van der Waals surface area (Å²) in [6, 6.07) is 3.84. The molecule has 1 spiro atoms. The Morgan fingerprint density at radius 1 is 1.12 bits per heavy atom. The van der Waals surface area contributed by atoms with Crippen molar-refractivity contribution in [1.82, 2.24) is 0 Å². The number of hydrogen-bond acceptors (Lipinski definition) is 11. The fraction of sp³-hybridized carbons (Fsp3) is 0.586. The number of methoxy groups -OCH3 is 1. The second-order valence-electron chi connectivity index (χ2n) is 11.4. The number of carboxylic acids is 1. The first kappa shape index (κ1) is 28.9. The van der Waals surface area contributed by atoms with E-state index in [4.69, 9.17) is 24.1 Å². The van der Waals surface area contributed by atoms with Crippen molar-refractivity contribution < 1.29 is 58.2 Å². The Morgan fingerprint density at radius 3 is 2.51 bits per heavy atom. The molecule has 3 aliphatic carbocycles. The Balaban J connectivity index is 1.31. The molecule has 5 rings (SSSR count). The minimum atomic E-state index is -1.96. The summed E-state index contributed by atoms with van der Waals surface area (Å²) in [5.41, 5.74) is -0.0226. The number of hydrogen-bond donors (Lipinski definition) is 3. The minimum Gasteiger partial charge on any atom is -0.493 e. The fourth-order valence-corrected chi connectivity index (χ4v) is 7.00. The number of aliphatic hydroxyl groups is 2. The molecule has 1 saturated carbocycles. The number of carboxylic acid groups (broad SMARTS) is 1. The third-order valence-electron chi connectivity index (χ3n) is 9.07. The summed E-state index contributed by atoms with van der Waals surface area (Å²) in [6.07, 6.45) is -2.52. The van der Waals surface area contributed by atoms with E-state index in [1.54, 1.807) is 6.08 Å². The lowest BCUT2D eigenvalue weighted by molar-refractivity contribution is -0.179. The van der Waals surface area contributed by atoms with Crippen molar-refractivity contribution in [3.05, 3.63) is 35.1 Å². The lowest BCUT2D eigenvalue weighted by atomic mass is 9.45. The average Bonchev–Trinajstić information content (AvgIpc) is 3.27. The van der Waals surface area contributed by atoms with E-state index in [1.165, 1.54) is 7.11 Å². The van der Waals surface area contributed by atoms with Crippen molar-refractivity contribution >= 4 is 23.9 Å². The molecule has 0 amide bonds. The predicted molar refractivity (Wildman–Crippen MR) is 138 cm³/mol. The number of benzene rings is 1. The summed E-state index contributed by atoms with van der Waals surface area (Å²) in [5.74, 6) is -3.27. The van der Waals surface area contributed by atoms with E-state index in [2.05, 4.69) is 11.7 Å². The van der Waals surface area contributed by atoms with Gasteiger partial charge in [0.2, 0.25) is 0 Å². The standard InChI is InChI=1S/C29H34O12/c1-13-7-9-28-22-16-5-6-19(37-4)23(22)41-24(28)20(8-10-29(28,36)17(13)11-16)40-21(31)12-18(30)27(35)39-15(3)26(34)38-14(2)25(32)33/h5-6,8,13-15,17-18,24,30,36H,7,9-12H2,1-4H3,(H,32,33)/t13?,14-,15-,17-,18-,24-,28-,29+/m0/s1. The quantitative estimate of drug-likeness (QED) is 0.287. The van der Waals surface area contributed by atoms with E-state index in [-0.39, 0.29) is 24.0 Å². The fourth-order valence-electron chi connectivity index (χ4n) is 7.00. The van der Waals surface area contributed by atoms with Crippen molar-refractivity contribution in [1.29, 1.82) is 0 Å². The molecular formula is C29H34O12. The Hall–Kier alpha value is -3.64. The molecule has 12 heteroatoms. The van der Waals surface area contributed by atoms with Gasteiger partial charge in [0.05, 0.1) is 24.5 Å². The lowest BCUT2D eigenvalue weighted by Crippen LogP contribution is -2.69. The molecule has 12 nitrogen and oxygen atoms in total. The highest BCUT2D eigenvalue weighted by atomic mass is 16.6. The molecule has 0 radical (unpaired) electrons. The van der Waals surface area contributed by atoms with Gasteiger partial charge in [0.15, 0.2) is 35.9 Å². The van der Waals surface area contributed by atoms with Gasteiger partial charge in [0.25, 0.3) is 0 Å². The van der Waals surface area contributed by atoms with Crippen LogP contribution in [0.1, 0.15) is 57.6 Å². The van der Waals surface area contributed by atoms with Crippen LogP contribution >= 0.6 is 0 Å². The van der Waals surface area contributed by atoms with Gasteiger partial charge in [-0.2, -0.15) is 0 Å². The molecule has 222 valence electrons. The smallest absolute Gasteiger partial charge is 0.347 e. The molecule has 0 aromatic heterocycles. The van der Waals surface area contributed by atoms with Gasteiger partial charge in [0.1, 0.15) is 5.76 Å². The number of aliphatic hydroxyl groups excluding tert-OH is 1. The first-order chi connectivity index (χ1) is 19.3.